The van der Waals surface area contributed by atoms with Crippen molar-refractivity contribution < 1.29 is 19.4 Å². The van der Waals surface area contributed by atoms with Crippen LogP contribution in [0, 0.1) is 0 Å². The van der Waals surface area contributed by atoms with Gasteiger partial charge in [0.1, 0.15) is 11.3 Å². The molecule has 2 rings (SSSR count). The number of nitrogens with one attached hydrogen (secondary N) is 1. The standard InChI is InChI=1S/C15H12BrNO4/c1-21-13-8-11(6-7-12(13)15(19)20)17-14(18)9-2-4-10(16)5-3-9/h2-8H,1H3,(H,17,18)(H,19,20). The molecule has 0 heterocycles. The summed E-state index contributed by atoms with van der Waals surface area (Å²) in [5, 5.41) is 11.7. The van der Waals surface area contributed by atoms with E-state index in [-0.39, 0.29) is 17.2 Å². The smallest absolute Gasteiger partial charge is 0.339 e. The van der Waals surface area contributed by atoms with Crippen LogP contribution in [0.1, 0.15) is 20.7 Å². The highest BCUT2D eigenvalue weighted by atomic mass is 79.9. The van der Waals surface area contributed by atoms with E-state index in [2.05, 4.69) is 21.2 Å². The van der Waals surface area contributed by atoms with Crippen molar-refractivity contribution in [1.82, 2.24) is 0 Å². The zero-order valence-corrected chi connectivity index (χ0v) is 12.7. The molecule has 0 fully saturated rings. The molecular weight excluding hydrogens is 338 g/mol. The van der Waals surface area contributed by atoms with Crippen molar-refractivity contribution >= 4 is 33.5 Å². The summed E-state index contributed by atoms with van der Waals surface area (Å²) >= 11 is 3.30. The minimum atomic E-state index is -1.09. The minimum Gasteiger partial charge on any atom is -0.496 e. The molecule has 0 aliphatic rings. The van der Waals surface area contributed by atoms with Gasteiger partial charge in [0.05, 0.1) is 7.11 Å². The molecule has 0 aromatic heterocycles. The number of halogens is 1. The Morgan fingerprint density at radius 1 is 1.14 bits per heavy atom. The second kappa shape index (κ2) is 6.41. The summed E-state index contributed by atoms with van der Waals surface area (Å²) in [4.78, 5) is 23.1. The Morgan fingerprint density at radius 2 is 1.81 bits per heavy atom. The zero-order chi connectivity index (χ0) is 15.4. The van der Waals surface area contributed by atoms with Gasteiger partial charge in [0.15, 0.2) is 0 Å². The van der Waals surface area contributed by atoms with Crippen LogP contribution in [0.5, 0.6) is 5.75 Å². The van der Waals surface area contributed by atoms with Crippen LogP contribution in [0.3, 0.4) is 0 Å². The molecule has 0 aliphatic heterocycles. The van der Waals surface area contributed by atoms with Crippen molar-refractivity contribution in [3.63, 3.8) is 0 Å². The summed E-state index contributed by atoms with van der Waals surface area (Å²) in [5.74, 6) is -1.18. The summed E-state index contributed by atoms with van der Waals surface area (Å²) < 4.78 is 5.89. The topological polar surface area (TPSA) is 75.6 Å². The molecular formula is C15H12BrNO4. The van der Waals surface area contributed by atoms with Crippen molar-refractivity contribution in [2.45, 2.75) is 0 Å². The molecule has 0 saturated carbocycles. The summed E-state index contributed by atoms with van der Waals surface area (Å²) in [5.41, 5.74) is 1.00. The van der Waals surface area contributed by atoms with E-state index < -0.39 is 5.97 Å². The van der Waals surface area contributed by atoms with Crippen LogP contribution < -0.4 is 10.1 Å². The number of carboxylic acid groups (broad SMARTS) is 1. The molecule has 0 aliphatic carbocycles. The SMILES string of the molecule is COc1cc(NC(=O)c2ccc(Br)cc2)ccc1C(=O)O. The average molecular weight is 350 g/mol. The summed E-state index contributed by atoms with van der Waals surface area (Å²) in [6, 6.07) is 11.3. The lowest BCUT2D eigenvalue weighted by atomic mass is 10.1. The van der Waals surface area contributed by atoms with E-state index in [1.807, 2.05) is 0 Å². The Labute approximate surface area is 129 Å². The second-order valence-corrected chi connectivity index (χ2v) is 5.10. The summed E-state index contributed by atoms with van der Waals surface area (Å²) in [6.07, 6.45) is 0. The van der Waals surface area contributed by atoms with Gasteiger partial charge >= 0.3 is 5.97 Å². The number of benzene rings is 2. The van der Waals surface area contributed by atoms with Gasteiger partial charge in [-0.2, -0.15) is 0 Å². The molecule has 0 saturated heterocycles. The van der Waals surface area contributed by atoms with Gasteiger partial charge in [-0.1, -0.05) is 15.9 Å². The lowest BCUT2D eigenvalue weighted by molar-refractivity contribution is 0.0693. The molecule has 0 radical (unpaired) electrons. The van der Waals surface area contributed by atoms with Crippen molar-refractivity contribution in [3.05, 3.63) is 58.1 Å². The number of carbonyl (C=O) groups excluding carboxylic acids is 1. The van der Waals surface area contributed by atoms with E-state index in [0.29, 0.717) is 11.3 Å². The number of carboxylic acids is 1. The Bertz CT molecular complexity index is 683. The highest BCUT2D eigenvalue weighted by Gasteiger charge is 2.13. The van der Waals surface area contributed by atoms with Gasteiger partial charge < -0.3 is 15.2 Å². The molecule has 0 bridgehead atoms. The monoisotopic (exact) mass is 349 g/mol. The van der Waals surface area contributed by atoms with Crippen LogP contribution in [0.4, 0.5) is 5.69 Å². The van der Waals surface area contributed by atoms with Gasteiger partial charge in [-0.05, 0) is 36.4 Å². The van der Waals surface area contributed by atoms with Crippen molar-refractivity contribution in [1.29, 1.82) is 0 Å². The number of aromatic carboxylic acids is 1. The number of hydrogen-bond donors (Lipinski definition) is 2. The van der Waals surface area contributed by atoms with Gasteiger partial charge in [0, 0.05) is 21.8 Å². The van der Waals surface area contributed by atoms with E-state index >= 15 is 0 Å². The Kier molecular flexibility index (Phi) is 4.59. The third-order valence-corrected chi connectivity index (χ3v) is 3.32. The average Bonchev–Trinajstić information content (AvgIpc) is 2.47. The van der Waals surface area contributed by atoms with Crippen molar-refractivity contribution in [3.8, 4) is 5.75 Å². The molecule has 0 atom stereocenters. The number of carbonyl (C=O) groups is 2. The fraction of sp³-hybridized carbons (Fsp3) is 0.0667. The van der Waals surface area contributed by atoms with Crippen molar-refractivity contribution in [2.24, 2.45) is 0 Å². The number of rotatable bonds is 4. The second-order valence-electron chi connectivity index (χ2n) is 4.18. The first-order chi connectivity index (χ1) is 10.0. The van der Waals surface area contributed by atoms with E-state index in [0.717, 1.165) is 4.47 Å². The molecule has 0 unspecified atom stereocenters. The van der Waals surface area contributed by atoms with Crippen LogP contribution in [0.25, 0.3) is 0 Å². The maximum absolute atomic E-state index is 12.1. The summed E-state index contributed by atoms with van der Waals surface area (Å²) in [7, 11) is 1.38. The molecule has 5 nitrogen and oxygen atoms in total. The Balaban J connectivity index is 2.21. The van der Waals surface area contributed by atoms with Gasteiger partial charge in [0.25, 0.3) is 5.91 Å². The minimum absolute atomic E-state index is 0.0409. The first kappa shape index (κ1) is 15.1. The normalized spacial score (nSPS) is 10.0. The van der Waals surface area contributed by atoms with Gasteiger partial charge in [-0.3, -0.25) is 4.79 Å². The molecule has 2 aromatic carbocycles. The number of amides is 1. The zero-order valence-electron chi connectivity index (χ0n) is 11.1. The van der Waals surface area contributed by atoms with Gasteiger partial charge in [0.2, 0.25) is 0 Å². The third-order valence-electron chi connectivity index (χ3n) is 2.80. The van der Waals surface area contributed by atoms with Crippen LogP contribution in [0.2, 0.25) is 0 Å². The number of methoxy groups -OCH3 is 1. The number of ether oxygens (including phenoxy) is 1. The number of hydrogen-bond acceptors (Lipinski definition) is 3. The lowest BCUT2D eigenvalue weighted by Gasteiger charge is -2.09. The third kappa shape index (κ3) is 3.61. The molecule has 21 heavy (non-hydrogen) atoms. The quantitative estimate of drug-likeness (QED) is 0.886. The lowest BCUT2D eigenvalue weighted by Crippen LogP contribution is -2.12. The van der Waals surface area contributed by atoms with E-state index in [9.17, 15) is 9.59 Å². The van der Waals surface area contributed by atoms with Crippen LogP contribution in [0.15, 0.2) is 46.9 Å². The first-order valence-corrected chi connectivity index (χ1v) is 6.79. The van der Waals surface area contributed by atoms with Gasteiger partial charge in [-0.15, -0.1) is 0 Å². The fourth-order valence-corrected chi connectivity index (χ4v) is 2.01. The Hall–Kier alpha value is -2.34. The predicted octanol–water partition coefficient (Wildman–Crippen LogP) is 3.41. The van der Waals surface area contributed by atoms with E-state index in [1.165, 1.54) is 25.3 Å². The summed E-state index contributed by atoms with van der Waals surface area (Å²) in [6.45, 7) is 0. The predicted molar refractivity (Wildman–Crippen MR) is 82.0 cm³/mol. The van der Waals surface area contributed by atoms with Crippen LogP contribution in [-0.2, 0) is 0 Å². The maximum atomic E-state index is 12.1. The number of anilines is 1. The Morgan fingerprint density at radius 3 is 2.38 bits per heavy atom. The highest BCUT2D eigenvalue weighted by molar-refractivity contribution is 9.10. The van der Waals surface area contributed by atoms with Crippen LogP contribution >= 0.6 is 15.9 Å². The first-order valence-electron chi connectivity index (χ1n) is 5.99. The van der Waals surface area contributed by atoms with E-state index in [1.54, 1.807) is 24.3 Å². The largest absolute Gasteiger partial charge is 0.496 e. The maximum Gasteiger partial charge on any atom is 0.339 e. The van der Waals surface area contributed by atoms with Gasteiger partial charge in [-0.25, -0.2) is 4.79 Å². The van der Waals surface area contributed by atoms with E-state index in [4.69, 9.17) is 9.84 Å². The molecule has 1 amide bonds. The molecule has 108 valence electrons. The fourth-order valence-electron chi connectivity index (χ4n) is 1.75. The molecule has 0 spiro atoms. The molecule has 6 heteroatoms. The van der Waals surface area contributed by atoms with Crippen LogP contribution in [-0.4, -0.2) is 24.1 Å². The highest BCUT2D eigenvalue weighted by Crippen LogP contribution is 2.23. The molecule has 2 N–H and O–H groups in total. The molecule has 2 aromatic rings. The van der Waals surface area contributed by atoms with Crippen molar-refractivity contribution in [2.75, 3.05) is 12.4 Å².